The van der Waals surface area contributed by atoms with Crippen LogP contribution >= 0.6 is 11.6 Å². The minimum absolute atomic E-state index is 0.0592. The van der Waals surface area contributed by atoms with Gasteiger partial charge in [-0.15, -0.1) is 0 Å². The molecule has 0 fully saturated rings. The highest BCUT2D eigenvalue weighted by atomic mass is 35.5. The van der Waals surface area contributed by atoms with Crippen molar-refractivity contribution < 1.29 is 14.0 Å². The van der Waals surface area contributed by atoms with E-state index in [0.717, 1.165) is 11.1 Å². The van der Waals surface area contributed by atoms with Crippen LogP contribution in [0.4, 0.5) is 10.1 Å². The number of anilines is 1. The minimum atomic E-state index is -0.543. The van der Waals surface area contributed by atoms with Crippen LogP contribution in [-0.2, 0) is 9.63 Å². The molecule has 0 atom stereocenters. The van der Waals surface area contributed by atoms with E-state index in [-0.39, 0.29) is 11.6 Å². The molecule has 1 amide bonds. The first-order chi connectivity index (χ1) is 10.5. The molecule has 2 aromatic rings. The number of hydrogen-bond donors (Lipinski definition) is 1. The molecule has 6 heteroatoms. The number of carbonyl (C=O) groups is 1. The summed E-state index contributed by atoms with van der Waals surface area (Å²) in [6.07, 6.45) is 1.52. The number of aryl methyl sites for hydroxylation is 1. The second-order valence-corrected chi connectivity index (χ2v) is 5.00. The van der Waals surface area contributed by atoms with E-state index in [2.05, 4.69) is 10.5 Å². The summed E-state index contributed by atoms with van der Waals surface area (Å²) >= 11 is 5.62. The van der Waals surface area contributed by atoms with Crippen molar-refractivity contribution in [2.24, 2.45) is 5.16 Å². The van der Waals surface area contributed by atoms with Gasteiger partial charge in [0.05, 0.1) is 11.2 Å². The van der Waals surface area contributed by atoms with Crippen LogP contribution < -0.4 is 5.32 Å². The second-order valence-electron chi connectivity index (χ2n) is 4.60. The normalized spacial score (nSPS) is 10.7. The Morgan fingerprint density at radius 1 is 1.32 bits per heavy atom. The van der Waals surface area contributed by atoms with Crippen LogP contribution in [0.1, 0.15) is 11.1 Å². The van der Waals surface area contributed by atoms with E-state index in [1.807, 2.05) is 31.2 Å². The van der Waals surface area contributed by atoms with Gasteiger partial charge in [-0.2, -0.15) is 0 Å². The number of hydrogen-bond acceptors (Lipinski definition) is 3. The third-order valence-electron chi connectivity index (χ3n) is 2.75. The summed E-state index contributed by atoms with van der Waals surface area (Å²) in [7, 11) is 0. The predicted octanol–water partition coefficient (Wildman–Crippen LogP) is 3.78. The first-order valence-corrected chi connectivity index (χ1v) is 6.89. The van der Waals surface area contributed by atoms with Crippen molar-refractivity contribution in [1.29, 1.82) is 0 Å². The van der Waals surface area contributed by atoms with E-state index in [4.69, 9.17) is 16.4 Å². The molecule has 0 aliphatic heterocycles. The standard InChI is InChI=1S/C16H14ClFN2O2/c1-11-2-4-12(5-3-11)9-19-22-10-16(21)20-13-6-7-15(18)14(17)8-13/h2-9H,10H2,1H3,(H,20,21)/b19-9-. The average molecular weight is 321 g/mol. The van der Waals surface area contributed by atoms with Crippen LogP contribution in [0.3, 0.4) is 0 Å². The van der Waals surface area contributed by atoms with Crippen molar-refractivity contribution in [2.75, 3.05) is 11.9 Å². The minimum Gasteiger partial charge on any atom is -0.386 e. The summed E-state index contributed by atoms with van der Waals surface area (Å²) < 4.78 is 13.0. The Hall–Kier alpha value is -2.40. The average Bonchev–Trinajstić information content (AvgIpc) is 2.49. The smallest absolute Gasteiger partial charge is 0.265 e. The molecule has 0 aromatic heterocycles. The molecule has 0 saturated carbocycles. The van der Waals surface area contributed by atoms with Gasteiger partial charge in [0.15, 0.2) is 6.61 Å². The van der Waals surface area contributed by atoms with E-state index in [1.165, 1.54) is 24.4 Å². The highest BCUT2D eigenvalue weighted by Crippen LogP contribution is 2.19. The zero-order valence-electron chi connectivity index (χ0n) is 11.8. The molecule has 2 rings (SSSR count). The maximum atomic E-state index is 13.0. The van der Waals surface area contributed by atoms with Crippen molar-refractivity contribution in [2.45, 2.75) is 6.92 Å². The molecule has 0 spiro atoms. The number of halogens is 2. The van der Waals surface area contributed by atoms with E-state index in [1.54, 1.807) is 0 Å². The maximum absolute atomic E-state index is 13.0. The lowest BCUT2D eigenvalue weighted by atomic mass is 10.2. The Bertz CT molecular complexity index is 687. The topological polar surface area (TPSA) is 50.7 Å². The van der Waals surface area contributed by atoms with Gasteiger partial charge in [0.1, 0.15) is 5.82 Å². The monoisotopic (exact) mass is 320 g/mol. The summed E-state index contributed by atoms with van der Waals surface area (Å²) in [6, 6.07) is 11.6. The van der Waals surface area contributed by atoms with E-state index in [9.17, 15) is 9.18 Å². The fourth-order valence-electron chi connectivity index (χ4n) is 1.62. The first-order valence-electron chi connectivity index (χ1n) is 6.51. The number of nitrogens with zero attached hydrogens (tertiary/aromatic N) is 1. The van der Waals surface area contributed by atoms with Crippen LogP contribution in [0.2, 0.25) is 5.02 Å². The zero-order chi connectivity index (χ0) is 15.9. The summed E-state index contributed by atoms with van der Waals surface area (Å²) in [5, 5.41) is 6.18. The Kier molecular flexibility index (Phi) is 5.49. The molecular formula is C16H14ClFN2O2. The molecule has 0 aliphatic carbocycles. The summed E-state index contributed by atoms with van der Waals surface area (Å²) in [5.74, 6) is -0.956. The van der Waals surface area contributed by atoms with Crippen molar-refractivity contribution in [3.8, 4) is 0 Å². The maximum Gasteiger partial charge on any atom is 0.265 e. The number of benzene rings is 2. The molecule has 4 nitrogen and oxygen atoms in total. The second kappa shape index (κ2) is 7.56. The lowest BCUT2D eigenvalue weighted by Gasteiger charge is -2.05. The summed E-state index contributed by atoms with van der Waals surface area (Å²) in [5.41, 5.74) is 2.41. The third kappa shape index (κ3) is 4.86. The van der Waals surface area contributed by atoms with Gasteiger partial charge in [0.2, 0.25) is 0 Å². The molecule has 0 heterocycles. The molecule has 0 unspecified atom stereocenters. The Morgan fingerprint density at radius 2 is 2.05 bits per heavy atom. The van der Waals surface area contributed by atoms with Gasteiger partial charge in [0.25, 0.3) is 5.91 Å². The summed E-state index contributed by atoms with van der Waals surface area (Å²) in [4.78, 5) is 16.5. The molecule has 1 N–H and O–H groups in total. The quantitative estimate of drug-likeness (QED) is 0.673. The highest BCUT2D eigenvalue weighted by Gasteiger charge is 2.05. The van der Waals surface area contributed by atoms with Gasteiger partial charge in [-0.25, -0.2) is 4.39 Å². The van der Waals surface area contributed by atoms with Crippen molar-refractivity contribution >= 4 is 29.4 Å². The van der Waals surface area contributed by atoms with Crippen molar-refractivity contribution in [1.82, 2.24) is 0 Å². The van der Waals surface area contributed by atoms with E-state index < -0.39 is 11.7 Å². The largest absolute Gasteiger partial charge is 0.386 e. The highest BCUT2D eigenvalue weighted by molar-refractivity contribution is 6.31. The van der Waals surface area contributed by atoms with Crippen molar-refractivity contribution in [3.63, 3.8) is 0 Å². The number of amides is 1. The number of rotatable bonds is 5. The number of carbonyl (C=O) groups excluding carboxylic acids is 1. The zero-order valence-corrected chi connectivity index (χ0v) is 12.6. The third-order valence-corrected chi connectivity index (χ3v) is 3.04. The molecule has 2 aromatic carbocycles. The van der Waals surface area contributed by atoms with Crippen molar-refractivity contribution in [3.05, 3.63) is 64.4 Å². The lowest BCUT2D eigenvalue weighted by Crippen LogP contribution is -2.17. The van der Waals surface area contributed by atoms with Gasteiger partial charge in [-0.1, -0.05) is 46.6 Å². The van der Waals surface area contributed by atoms with E-state index in [0.29, 0.717) is 5.69 Å². The van der Waals surface area contributed by atoms with Gasteiger partial charge in [-0.3, -0.25) is 4.79 Å². The Balaban J connectivity index is 1.80. The Labute approximate surface area is 132 Å². The van der Waals surface area contributed by atoms with Crippen LogP contribution in [0.15, 0.2) is 47.6 Å². The van der Waals surface area contributed by atoms with Crippen LogP contribution in [0.25, 0.3) is 0 Å². The fourth-order valence-corrected chi connectivity index (χ4v) is 1.80. The SMILES string of the molecule is Cc1ccc(/C=N\OCC(=O)Nc2ccc(F)c(Cl)c2)cc1. The molecular weight excluding hydrogens is 307 g/mol. The molecule has 0 bridgehead atoms. The van der Waals surface area contributed by atoms with Crippen LogP contribution in [0.5, 0.6) is 0 Å². The molecule has 114 valence electrons. The van der Waals surface area contributed by atoms with Gasteiger partial charge in [-0.05, 0) is 30.7 Å². The Morgan fingerprint density at radius 3 is 2.73 bits per heavy atom. The molecule has 0 saturated heterocycles. The predicted molar refractivity (Wildman–Crippen MR) is 84.8 cm³/mol. The van der Waals surface area contributed by atoms with Crippen LogP contribution in [0, 0.1) is 12.7 Å². The molecule has 0 aliphatic rings. The number of oxime groups is 1. The van der Waals surface area contributed by atoms with Gasteiger partial charge in [0, 0.05) is 5.69 Å². The van der Waals surface area contributed by atoms with E-state index >= 15 is 0 Å². The fraction of sp³-hybridized carbons (Fsp3) is 0.125. The molecule has 22 heavy (non-hydrogen) atoms. The molecule has 0 radical (unpaired) electrons. The summed E-state index contributed by atoms with van der Waals surface area (Å²) in [6.45, 7) is 1.74. The first kappa shape index (κ1) is 16.0. The van der Waals surface area contributed by atoms with Gasteiger partial charge >= 0.3 is 0 Å². The lowest BCUT2D eigenvalue weighted by molar-refractivity contribution is -0.120. The van der Waals surface area contributed by atoms with Crippen LogP contribution in [-0.4, -0.2) is 18.7 Å². The van der Waals surface area contributed by atoms with Gasteiger partial charge < -0.3 is 10.2 Å². The number of nitrogens with one attached hydrogen (secondary N) is 1.